The van der Waals surface area contributed by atoms with Gasteiger partial charge in [0, 0.05) is 24.6 Å². The van der Waals surface area contributed by atoms with Crippen LogP contribution in [0.3, 0.4) is 0 Å². The first kappa shape index (κ1) is 25.0. The number of ether oxygens (including phenoxy) is 1. The second-order valence-corrected chi connectivity index (χ2v) is 9.59. The zero-order valence-corrected chi connectivity index (χ0v) is 22.2. The first-order valence-corrected chi connectivity index (χ1v) is 12.9. The fraction of sp³-hybridized carbons (Fsp3) is 0.0645. The Kier molecular flexibility index (Phi) is 6.79. The number of nitrogens with zero attached hydrogens (tertiary/aromatic N) is 6. The summed E-state index contributed by atoms with van der Waals surface area (Å²) in [5.74, 6) is 1.06. The lowest BCUT2D eigenvalue weighted by Gasteiger charge is -2.13. The normalized spacial score (nSPS) is 10.8. The molecule has 3 aromatic carbocycles. The third-order valence-electron chi connectivity index (χ3n) is 6.34. The smallest absolute Gasteiger partial charge is 0.250 e. The number of hydrogen-bond donors (Lipinski definition) is 1. The largest absolute Gasteiger partial charge is 0.435 e. The van der Waals surface area contributed by atoms with Gasteiger partial charge in [-0.3, -0.25) is 4.98 Å². The van der Waals surface area contributed by atoms with Crippen molar-refractivity contribution in [1.82, 2.24) is 24.5 Å². The number of fused-ring (bicyclic) bond motifs is 1. The molecule has 6 rings (SSSR count). The van der Waals surface area contributed by atoms with Gasteiger partial charge < -0.3 is 14.6 Å². The van der Waals surface area contributed by atoms with E-state index in [1.54, 1.807) is 43.0 Å². The van der Waals surface area contributed by atoms with Crippen molar-refractivity contribution < 1.29 is 4.74 Å². The van der Waals surface area contributed by atoms with E-state index in [0.29, 0.717) is 45.9 Å². The second-order valence-electron chi connectivity index (χ2n) is 9.18. The van der Waals surface area contributed by atoms with Gasteiger partial charge in [0.05, 0.1) is 23.0 Å². The van der Waals surface area contributed by atoms with Crippen LogP contribution in [0, 0.1) is 18.3 Å². The molecular formula is C31H22ClN7O. The van der Waals surface area contributed by atoms with Crippen LogP contribution < -0.4 is 10.1 Å². The minimum atomic E-state index is 0.303. The van der Waals surface area contributed by atoms with Gasteiger partial charge >= 0.3 is 0 Å². The standard InChI is InChI=1S/C31H22ClN7O/c1-20-2-4-22(5-3-20)18-39-19-35-29-28(39)30(38-31(37-29)36-25-9-6-21(17-33)7-10-25)40-27-11-8-24(16-26(27)32)23-12-14-34-15-13-23/h2-16,19H,18H2,1H3,(H,36,37,38). The Morgan fingerprint density at radius 3 is 2.42 bits per heavy atom. The lowest BCUT2D eigenvalue weighted by Crippen LogP contribution is -2.04. The summed E-state index contributed by atoms with van der Waals surface area (Å²) in [6, 6.07) is 26.9. The monoisotopic (exact) mass is 543 g/mol. The highest BCUT2D eigenvalue weighted by Crippen LogP contribution is 2.36. The van der Waals surface area contributed by atoms with Crippen LogP contribution in [0.1, 0.15) is 16.7 Å². The molecule has 3 aromatic heterocycles. The molecule has 40 heavy (non-hydrogen) atoms. The van der Waals surface area contributed by atoms with Crippen LogP contribution >= 0.6 is 11.6 Å². The van der Waals surface area contributed by atoms with Crippen molar-refractivity contribution in [2.75, 3.05) is 5.32 Å². The number of benzene rings is 3. The Balaban J connectivity index is 1.39. The highest BCUT2D eigenvalue weighted by Gasteiger charge is 2.18. The van der Waals surface area contributed by atoms with E-state index in [-0.39, 0.29) is 0 Å². The number of pyridine rings is 1. The van der Waals surface area contributed by atoms with Crippen LogP contribution in [0.4, 0.5) is 11.6 Å². The first-order valence-electron chi connectivity index (χ1n) is 12.5. The minimum absolute atomic E-state index is 0.303. The van der Waals surface area contributed by atoms with Crippen LogP contribution in [-0.4, -0.2) is 24.5 Å². The summed E-state index contributed by atoms with van der Waals surface area (Å²) < 4.78 is 8.30. The zero-order valence-electron chi connectivity index (χ0n) is 21.4. The molecule has 8 nitrogen and oxygen atoms in total. The van der Waals surface area contributed by atoms with Crippen molar-refractivity contribution in [1.29, 1.82) is 5.26 Å². The highest BCUT2D eigenvalue weighted by molar-refractivity contribution is 6.32. The molecule has 0 fully saturated rings. The van der Waals surface area contributed by atoms with E-state index in [1.807, 2.05) is 34.9 Å². The number of hydrogen-bond acceptors (Lipinski definition) is 7. The summed E-state index contributed by atoms with van der Waals surface area (Å²) in [5.41, 5.74) is 6.63. The molecule has 0 unspecified atom stereocenters. The number of halogens is 1. The topological polar surface area (TPSA) is 102 Å². The van der Waals surface area contributed by atoms with Gasteiger partial charge in [-0.1, -0.05) is 47.5 Å². The summed E-state index contributed by atoms with van der Waals surface area (Å²) in [7, 11) is 0. The van der Waals surface area contributed by atoms with Crippen molar-refractivity contribution in [3.8, 4) is 28.8 Å². The van der Waals surface area contributed by atoms with Crippen molar-refractivity contribution in [2.45, 2.75) is 13.5 Å². The van der Waals surface area contributed by atoms with Gasteiger partial charge in [-0.25, -0.2) is 4.98 Å². The fourth-order valence-corrected chi connectivity index (χ4v) is 4.47. The maximum atomic E-state index is 9.10. The van der Waals surface area contributed by atoms with E-state index in [1.165, 1.54) is 5.56 Å². The maximum Gasteiger partial charge on any atom is 0.250 e. The number of nitriles is 1. The van der Waals surface area contributed by atoms with E-state index in [0.717, 1.165) is 22.4 Å². The molecule has 0 atom stereocenters. The van der Waals surface area contributed by atoms with Gasteiger partial charge in [-0.2, -0.15) is 15.2 Å². The van der Waals surface area contributed by atoms with E-state index in [9.17, 15) is 0 Å². The van der Waals surface area contributed by atoms with E-state index >= 15 is 0 Å². The highest BCUT2D eigenvalue weighted by atomic mass is 35.5. The fourth-order valence-electron chi connectivity index (χ4n) is 4.25. The van der Waals surface area contributed by atoms with Crippen LogP contribution in [0.2, 0.25) is 5.02 Å². The predicted octanol–water partition coefficient (Wildman–Crippen LogP) is 7.31. The Morgan fingerprint density at radius 2 is 1.70 bits per heavy atom. The molecule has 194 valence electrons. The number of anilines is 2. The van der Waals surface area contributed by atoms with Crippen molar-refractivity contribution in [2.24, 2.45) is 0 Å². The third kappa shape index (κ3) is 5.32. The van der Waals surface area contributed by atoms with Gasteiger partial charge in [-0.05, 0) is 72.1 Å². The predicted molar refractivity (Wildman–Crippen MR) is 155 cm³/mol. The van der Waals surface area contributed by atoms with E-state index in [2.05, 4.69) is 57.5 Å². The average molecular weight is 544 g/mol. The van der Waals surface area contributed by atoms with Gasteiger partial charge in [0.2, 0.25) is 5.95 Å². The third-order valence-corrected chi connectivity index (χ3v) is 6.63. The Bertz CT molecular complexity index is 1840. The molecule has 0 saturated carbocycles. The summed E-state index contributed by atoms with van der Waals surface area (Å²) >= 11 is 6.69. The molecule has 0 aliphatic rings. The molecule has 0 aliphatic carbocycles. The number of aromatic nitrogens is 5. The Labute approximate surface area is 235 Å². The van der Waals surface area contributed by atoms with Gasteiger partial charge in [0.25, 0.3) is 5.88 Å². The number of rotatable bonds is 7. The summed E-state index contributed by atoms with van der Waals surface area (Å²) in [6.45, 7) is 2.62. The summed E-state index contributed by atoms with van der Waals surface area (Å²) in [4.78, 5) is 18.0. The quantitative estimate of drug-likeness (QED) is 0.225. The summed E-state index contributed by atoms with van der Waals surface area (Å²) in [6.07, 6.45) is 5.21. The van der Waals surface area contributed by atoms with Crippen LogP contribution in [0.15, 0.2) is 97.6 Å². The maximum absolute atomic E-state index is 9.10. The van der Waals surface area contributed by atoms with Gasteiger partial charge in [0.15, 0.2) is 11.2 Å². The molecule has 9 heteroatoms. The molecule has 0 aliphatic heterocycles. The van der Waals surface area contributed by atoms with Crippen molar-refractivity contribution >= 4 is 34.4 Å². The molecule has 0 spiro atoms. The van der Waals surface area contributed by atoms with E-state index in [4.69, 9.17) is 26.6 Å². The molecule has 0 amide bonds. The Hall–Kier alpha value is -5.26. The van der Waals surface area contributed by atoms with Crippen molar-refractivity contribution in [3.05, 3.63) is 119 Å². The molecule has 0 bridgehead atoms. The SMILES string of the molecule is Cc1ccc(Cn2cnc3nc(Nc4ccc(C#N)cc4)nc(Oc4ccc(-c5ccncc5)cc4Cl)c32)cc1. The second kappa shape index (κ2) is 10.8. The average Bonchev–Trinajstić information content (AvgIpc) is 3.38. The lowest BCUT2D eigenvalue weighted by molar-refractivity contribution is 0.466. The number of imidazole rings is 1. The van der Waals surface area contributed by atoms with E-state index < -0.39 is 0 Å². The molecule has 3 heterocycles. The lowest BCUT2D eigenvalue weighted by atomic mass is 10.1. The van der Waals surface area contributed by atoms with Crippen LogP contribution in [0.25, 0.3) is 22.3 Å². The van der Waals surface area contributed by atoms with Gasteiger partial charge in [-0.15, -0.1) is 0 Å². The summed E-state index contributed by atoms with van der Waals surface area (Å²) in [5, 5.41) is 12.7. The minimum Gasteiger partial charge on any atom is -0.435 e. The molecule has 0 saturated heterocycles. The molecule has 6 aromatic rings. The zero-order chi connectivity index (χ0) is 27.5. The first-order chi connectivity index (χ1) is 19.6. The Morgan fingerprint density at radius 1 is 0.925 bits per heavy atom. The van der Waals surface area contributed by atoms with Gasteiger partial charge in [0.1, 0.15) is 5.75 Å². The number of aryl methyl sites for hydroxylation is 1. The van der Waals surface area contributed by atoms with Crippen LogP contribution in [-0.2, 0) is 6.54 Å². The number of nitrogens with one attached hydrogen (secondary N) is 1. The molecule has 1 N–H and O–H groups in total. The molecule has 0 radical (unpaired) electrons. The van der Waals surface area contributed by atoms with Crippen LogP contribution in [0.5, 0.6) is 11.6 Å². The molecular weight excluding hydrogens is 522 g/mol. The van der Waals surface area contributed by atoms with Crippen molar-refractivity contribution in [3.63, 3.8) is 0 Å².